The summed E-state index contributed by atoms with van der Waals surface area (Å²) in [5, 5.41) is 12.6. The second-order valence-corrected chi connectivity index (χ2v) is 11.6. The Balaban J connectivity index is 1.55. The molecule has 5 rings (SSSR count). The number of nitrogens with zero attached hydrogens (tertiary/aromatic N) is 2. The van der Waals surface area contributed by atoms with Crippen molar-refractivity contribution in [2.45, 2.75) is 50.7 Å². The number of methoxy groups -OCH3 is 1. The number of hydrogen-bond acceptors (Lipinski definition) is 4. The number of phenols is 1. The van der Waals surface area contributed by atoms with E-state index in [1.807, 2.05) is 43.5 Å². The normalized spacial score (nSPS) is 26.2. The molecule has 0 spiro atoms. The number of piperidine rings is 1. The number of aromatic hydroxyl groups is 1. The molecule has 1 aliphatic heterocycles. The Morgan fingerprint density at radius 1 is 1.11 bits per heavy atom. The van der Waals surface area contributed by atoms with Crippen molar-refractivity contribution in [3.05, 3.63) is 77.9 Å². The van der Waals surface area contributed by atoms with E-state index in [2.05, 4.69) is 55.0 Å². The molecule has 37 heavy (non-hydrogen) atoms. The zero-order chi connectivity index (χ0) is 26.2. The Morgan fingerprint density at radius 2 is 1.89 bits per heavy atom. The first-order chi connectivity index (χ1) is 17.8. The van der Waals surface area contributed by atoms with Crippen LogP contribution in [0.25, 0.3) is 10.8 Å². The first-order valence-corrected chi connectivity index (χ1v) is 13.6. The number of carbonyl (C=O) groups excluding carboxylic acids is 1. The maximum Gasteiger partial charge on any atom is 0.254 e. The van der Waals surface area contributed by atoms with E-state index in [1.54, 1.807) is 6.07 Å². The van der Waals surface area contributed by atoms with E-state index < -0.39 is 0 Å². The van der Waals surface area contributed by atoms with Gasteiger partial charge in [0.2, 0.25) is 0 Å². The molecule has 1 amide bonds. The SMILES string of the molecule is COC1CC(N(CC(C)C)C(=O)c2ccc3ccccc3c2)CC2(c3cccc(O)c3)CCN(C)CC12. The lowest BCUT2D eigenvalue weighted by molar-refractivity contribution is -0.0783. The van der Waals surface area contributed by atoms with Crippen LogP contribution in [0, 0.1) is 11.8 Å². The molecule has 3 aromatic carbocycles. The number of benzene rings is 3. The summed E-state index contributed by atoms with van der Waals surface area (Å²) in [7, 11) is 3.99. The summed E-state index contributed by atoms with van der Waals surface area (Å²) in [6, 6.07) is 22.1. The van der Waals surface area contributed by atoms with Crippen molar-refractivity contribution in [3.8, 4) is 5.75 Å². The summed E-state index contributed by atoms with van der Waals surface area (Å²) >= 11 is 0. The Kier molecular flexibility index (Phi) is 7.28. The fourth-order valence-corrected chi connectivity index (χ4v) is 6.91. The molecule has 2 aliphatic rings. The van der Waals surface area contributed by atoms with Gasteiger partial charge in [0.05, 0.1) is 6.10 Å². The van der Waals surface area contributed by atoms with Crippen LogP contribution in [0.3, 0.4) is 0 Å². The van der Waals surface area contributed by atoms with Gasteiger partial charge in [-0.25, -0.2) is 0 Å². The quantitative estimate of drug-likeness (QED) is 0.471. The largest absolute Gasteiger partial charge is 0.508 e. The van der Waals surface area contributed by atoms with Crippen LogP contribution < -0.4 is 0 Å². The predicted octanol–water partition coefficient (Wildman–Crippen LogP) is 5.71. The van der Waals surface area contributed by atoms with E-state index in [0.717, 1.165) is 48.7 Å². The highest BCUT2D eigenvalue weighted by Crippen LogP contribution is 2.51. The molecule has 3 aromatic rings. The molecule has 4 atom stereocenters. The van der Waals surface area contributed by atoms with E-state index in [-0.39, 0.29) is 23.5 Å². The van der Waals surface area contributed by atoms with Gasteiger partial charge in [-0.1, -0.05) is 56.3 Å². The van der Waals surface area contributed by atoms with Crippen molar-refractivity contribution in [2.24, 2.45) is 11.8 Å². The molecule has 1 saturated carbocycles. The minimum Gasteiger partial charge on any atom is -0.508 e. The lowest BCUT2D eigenvalue weighted by Gasteiger charge is -2.56. The highest BCUT2D eigenvalue weighted by Gasteiger charge is 2.53. The molecule has 5 nitrogen and oxygen atoms in total. The van der Waals surface area contributed by atoms with Crippen LogP contribution in [0.15, 0.2) is 66.7 Å². The second-order valence-electron chi connectivity index (χ2n) is 11.6. The Morgan fingerprint density at radius 3 is 2.62 bits per heavy atom. The standard InChI is InChI=1S/C32H40N2O3/c1-22(2)20-34(31(36)25-13-12-23-8-5-6-9-24(23)16-25)27-18-30(37-4)29-21-33(3)15-14-32(29,19-27)26-10-7-11-28(35)17-26/h5-13,16-17,22,27,29-30,35H,14-15,18-21H2,1-4H3. The average molecular weight is 501 g/mol. The fraction of sp³-hybridized carbons (Fsp3) is 0.469. The van der Waals surface area contributed by atoms with Crippen molar-refractivity contribution < 1.29 is 14.6 Å². The molecule has 196 valence electrons. The van der Waals surface area contributed by atoms with Crippen LogP contribution in [0.1, 0.15) is 49.0 Å². The lowest BCUT2D eigenvalue weighted by atomic mass is 9.56. The first kappa shape index (κ1) is 25.7. The number of hydrogen-bond donors (Lipinski definition) is 1. The number of carbonyl (C=O) groups is 1. The topological polar surface area (TPSA) is 53.0 Å². The van der Waals surface area contributed by atoms with Gasteiger partial charge in [-0.2, -0.15) is 0 Å². The van der Waals surface area contributed by atoms with Crippen LogP contribution in [0.5, 0.6) is 5.75 Å². The van der Waals surface area contributed by atoms with Crippen molar-refractivity contribution in [1.29, 1.82) is 0 Å². The third kappa shape index (κ3) is 4.99. The van der Waals surface area contributed by atoms with Gasteiger partial charge in [-0.15, -0.1) is 0 Å². The van der Waals surface area contributed by atoms with Gasteiger partial charge in [0.25, 0.3) is 5.91 Å². The lowest BCUT2D eigenvalue weighted by Crippen LogP contribution is -2.61. The summed E-state index contributed by atoms with van der Waals surface area (Å²) in [5.41, 5.74) is 1.75. The van der Waals surface area contributed by atoms with E-state index >= 15 is 0 Å². The summed E-state index contributed by atoms with van der Waals surface area (Å²) < 4.78 is 6.19. The Bertz CT molecular complexity index is 1260. The van der Waals surface area contributed by atoms with Gasteiger partial charge in [0, 0.05) is 43.1 Å². The zero-order valence-corrected chi connectivity index (χ0v) is 22.6. The van der Waals surface area contributed by atoms with Crippen molar-refractivity contribution in [3.63, 3.8) is 0 Å². The number of amides is 1. The van der Waals surface area contributed by atoms with E-state index in [1.165, 1.54) is 5.56 Å². The van der Waals surface area contributed by atoms with Gasteiger partial charge in [-0.05, 0) is 79.4 Å². The van der Waals surface area contributed by atoms with Crippen molar-refractivity contribution in [2.75, 3.05) is 33.8 Å². The number of ether oxygens (including phenoxy) is 1. The van der Waals surface area contributed by atoms with E-state index in [9.17, 15) is 9.90 Å². The molecule has 4 unspecified atom stereocenters. The first-order valence-electron chi connectivity index (χ1n) is 13.6. The van der Waals surface area contributed by atoms with Crippen molar-refractivity contribution in [1.82, 2.24) is 9.80 Å². The molecule has 1 N–H and O–H groups in total. The second kappa shape index (κ2) is 10.5. The summed E-state index contributed by atoms with van der Waals surface area (Å²) in [5.74, 6) is 1.03. The number of phenolic OH excluding ortho intramolecular Hbond substituents is 1. The van der Waals surface area contributed by atoms with Gasteiger partial charge < -0.3 is 19.6 Å². The molecule has 0 aromatic heterocycles. The monoisotopic (exact) mass is 500 g/mol. The molecule has 1 saturated heterocycles. The van der Waals surface area contributed by atoms with Gasteiger partial charge in [0.1, 0.15) is 5.75 Å². The number of rotatable bonds is 6. The molecule has 2 fully saturated rings. The smallest absolute Gasteiger partial charge is 0.254 e. The molecular formula is C32H40N2O3. The summed E-state index contributed by atoms with van der Waals surface area (Å²) in [6.07, 6.45) is 2.71. The van der Waals surface area contributed by atoms with E-state index in [4.69, 9.17) is 4.74 Å². The highest BCUT2D eigenvalue weighted by atomic mass is 16.5. The highest BCUT2D eigenvalue weighted by molar-refractivity contribution is 5.98. The molecule has 1 heterocycles. The van der Waals surface area contributed by atoms with Gasteiger partial charge in [-0.3, -0.25) is 4.79 Å². The fourth-order valence-electron chi connectivity index (χ4n) is 6.91. The zero-order valence-electron chi connectivity index (χ0n) is 22.6. The minimum atomic E-state index is -0.159. The van der Waals surface area contributed by atoms with E-state index in [0.29, 0.717) is 24.1 Å². The number of likely N-dealkylation sites (tertiary alicyclic amines) is 1. The Hall–Kier alpha value is -2.89. The van der Waals surface area contributed by atoms with Crippen LogP contribution in [-0.4, -0.2) is 66.8 Å². The van der Waals surface area contributed by atoms with Crippen LogP contribution in [0.4, 0.5) is 0 Å². The van der Waals surface area contributed by atoms with Crippen LogP contribution in [-0.2, 0) is 10.2 Å². The number of fused-ring (bicyclic) bond motifs is 2. The Labute approximate surface area is 221 Å². The minimum absolute atomic E-state index is 0.0305. The van der Waals surface area contributed by atoms with Gasteiger partial charge >= 0.3 is 0 Å². The van der Waals surface area contributed by atoms with Crippen LogP contribution >= 0.6 is 0 Å². The predicted molar refractivity (Wildman–Crippen MR) is 149 cm³/mol. The average Bonchev–Trinajstić information content (AvgIpc) is 2.90. The molecule has 5 heteroatoms. The third-order valence-corrected chi connectivity index (χ3v) is 8.69. The van der Waals surface area contributed by atoms with Gasteiger partial charge in [0.15, 0.2) is 0 Å². The third-order valence-electron chi connectivity index (χ3n) is 8.69. The summed E-state index contributed by atoms with van der Waals surface area (Å²) in [6.45, 7) is 7.00. The molecule has 0 bridgehead atoms. The maximum absolute atomic E-state index is 14.2. The molecule has 0 radical (unpaired) electrons. The van der Waals surface area contributed by atoms with Crippen LogP contribution in [0.2, 0.25) is 0 Å². The van der Waals surface area contributed by atoms with Crippen molar-refractivity contribution >= 4 is 16.7 Å². The molecular weight excluding hydrogens is 460 g/mol. The summed E-state index contributed by atoms with van der Waals surface area (Å²) in [4.78, 5) is 18.7. The molecule has 1 aliphatic carbocycles. The maximum atomic E-state index is 14.2.